The van der Waals surface area contributed by atoms with E-state index in [-0.39, 0.29) is 5.69 Å². The molecule has 1 atom stereocenters. The molecule has 0 saturated carbocycles. The maximum absolute atomic E-state index is 13.9. The van der Waals surface area contributed by atoms with Gasteiger partial charge in [0.1, 0.15) is 4.90 Å². The normalized spacial score (nSPS) is 14.7. The van der Waals surface area contributed by atoms with Gasteiger partial charge in [0.2, 0.25) is 10.0 Å². The van der Waals surface area contributed by atoms with E-state index in [2.05, 4.69) is 0 Å². The fraction of sp³-hybridized carbons (Fsp3) is 0.636. The lowest BCUT2D eigenvalue weighted by atomic mass is 10.2. The minimum Gasteiger partial charge on any atom is -0.350 e. The van der Waals surface area contributed by atoms with Crippen LogP contribution in [0.15, 0.2) is 11.1 Å². The summed E-state index contributed by atoms with van der Waals surface area (Å²) in [5.74, 6) is -4.13. The van der Waals surface area contributed by atoms with Crippen LogP contribution < -0.4 is 4.72 Å². The zero-order valence-electron chi connectivity index (χ0n) is 11.2. The summed E-state index contributed by atoms with van der Waals surface area (Å²) in [6, 6.07) is -1.62. The maximum atomic E-state index is 13.9. The third-order valence-corrected chi connectivity index (χ3v) is 4.45. The molecule has 1 aromatic heterocycles. The van der Waals surface area contributed by atoms with Crippen molar-refractivity contribution >= 4 is 10.0 Å². The number of hydrogen-bond acceptors (Lipinski definition) is 2. The van der Waals surface area contributed by atoms with Gasteiger partial charge in [0.15, 0.2) is 5.82 Å². The smallest absolute Gasteiger partial charge is 0.261 e. The van der Waals surface area contributed by atoms with Crippen LogP contribution >= 0.6 is 0 Å². The molecule has 0 amide bonds. The largest absolute Gasteiger partial charge is 0.350 e. The van der Waals surface area contributed by atoms with Crippen LogP contribution in [0.25, 0.3) is 0 Å². The summed E-state index contributed by atoms with van der Waals surface area (Å²) in [7, 11) is -2.81. The van der Waals surface area contributed by atoms with E-state index >= 15 is 0 Å². The molecule has 110 valence electrons. The zero-order valence-corrected chi connectivity index (χ0v) is 12.0. The van der Waals surface area contributed by atoms with E-state index < -0.39 is 32.7 Å². The molecule has 0 aliphatic carbocycles. The van der Waals surface area contributed by atoms with E-state index in [0.717, 1.165) is 13.1 Å². The highest BCUT2D eigenvalue weighted by molar-refractivity contribution is 7.89. The van der Waals surface area contributed by atoms with Crippen molar-refractivity contribution in [2.24, 2.45) is 7.05 Å². The summed E-state index contributed by atoms with van der Waals surface area (Å²) < 4.78 is 66.8. The molecule has 0 aromatic carbocycles. The van der Waals surface area contributed by atoms with Gasteiger partial charge in [-0.05, 0) is 13.3 Å². The van der Waals surface area contributed by atoms with Crippen LogP contribution in [0.1, 0.15) is 26.5 Å². The fourth-order valence-electron chi connectivity index (χ4n) is 1.60. The summed E-state index contributed by atoms with van der Waals surface area (Å²) in [5, 5.41) is 0. The van der Waals surface area contributed by atoms with Crippen LogP contribution in [0.3, 0.4) is 0 Å². The van der Waals surface area contributed by atoms with Gasteiger partial charge < -0.3 is 4.57 Å². The monoisotopic (exact) mass is 298 g/mol. The Balaban J connectivity index is 3.15. The van der Waals surface area contributed by atoms with Gasteiger partial charge >= 0.3 is 0 Å². The predicted molar refractivity (Wildman–Crippen MR) is 65.2 cm³/mol. The molecule has 1 rings (SSSR count). The van der Waals surface area contributed by atoms with Crippen LogP contribution in [-0.4, -0.2) is 24.9 Å². The standard InChI is InChI=1S/C11H17F3N2O2S/c1-5-8-10(12)9(6-16(8)4)19(17,18)15-7(2)11(3,13)14/h6-7,15H,5H2,1-4H3/t7-/m1/s1. The van der Waals surface area contributed by atoms with Crippen LogP contribution in [0.2, 0.25) is 0 Å². The van der Waals surface area contributed by atoms with Gasteiger partial charge in [0.25, 0.3) is 5.92 Å². The lowest BCUT2D eigenvalue weighted by Gasteiger charge is -2.20. The fourth-order valence-corrected chi connectivity index (χ4v) is 3.05. The summed E-state index contributed by atoms with van der Waals surface area (Å²) in [5.41, 5.74) is 0.205. The Morgan fingerprint density at radius 3 is 2.37 bits per heavy atom. The van der Waals surface area contributed by atoms with Gasteiger partial charge in [-0.25, -0.2) is 26.3 Å². The Kier molecular flexibility index (Phi) is 4.36. The Labute approximate surface area is 110 Å². The average Bonchev–Trinajstić information content (AvgIpc) is 2.52. The van der Waals surface area contributed by atoms with E-state index in [1.807, 2.05) is 0 Å². The molecule has 0 fully saturated rings. The summed E-state index contributed by atoms with van der Waals surface area (Å²) in [6.07, 6.45) is 1.38. The molecule has 0 aliphatic rings. The quantitative estimate of drug-likeness (QED) is 0.904. The number of halogens is 3. The number of alkyl halides is 2. The van der Waals surface area contributed by atoms with Crippen molar-refractivity contribution in [2.75, 3.05) is 0 Å². The van der Waals surface area contributed by atoms with Crippen molar-refractivity contribution in [1.82, 2.24) is 9.29 Å². The molecule has 0 aliphatic heterocycles. The third-order valence-electron chi connectivity index (χ3n) is 2.92. The molecule has 1 aromatic rings. The molecule has 0 saturated heterocycles. The third kappa shape index (κ3) is 3.30. The highest BCUT2D eigenvalue weighted by Crippen LogP contribution is 2.23. The number of hydrogen-bond donors (Lipinski definition) is 1. The van der Waals surface area contributed by atoms with Gasteiger partial charge in [-0.1, -0.05) is 6.92 Å². The van der Waals surface area contributed by atoms with Crippen LogP contribution in [0, 0.1) is 5.82 Å². The number of nitrogens with zero attached hydrogens (tertiary/aromatic N) is 1. The maximum Gasteiger partial charge on any atom is 0.261 e. The molecule has 0 spiro atoms. The van der Waals surface area contributed by atoms with E-state index in [0.29, 0.717) is 13.3 Å². The Bertz CT molecular complexity index is 561. The first-order valence-electron chi connectivity index (χ1n) is 5.74. The summed E-state index contributed by atoms with van der Waals surface area (Å²) >= 11 is 0. The minimum atomic E-state index is -4.31. The topological polar surface area (TPSA) is 51.1 Å². The van der Waals surface area contributed by atoms with Gasteiger partial charge in [-0.15, -0.1) is 0 Å². The van der Waals surface area contributed by atoms with Crippen LogP contribution in [0.4, 0.5) is 13.2 Å². The molecule has 0 bridgehead atoms. The second-order valence-electron chi connectivity index (χ2n) is 4.52. The molecule has 8 heteroatoms. The Hall–Kier alpha value is -1.02. The van der Waals surface area contributed by atoms with E-state index in [1.54, 1.807) is 11.6 Å². The van der Waals surface area contributed by atoms with Crippen molar-refractivity contribution in [3.8, 4) is 0 Å². The summed E-state index contributed by atoms with van der Waals surface area (Å²) in [6.45, 7) is 3.29. The number of nitrogens with one attached hydrogen (secondary N) is 1. The van der Waals surface area contributed by atoms with Crippen molar-refractivity contribution in [3.63, 3.8) is 0 Å². The minimum absolute atomic E-state index is 0.205. The van der Waals surface area contributed by atoms with Crippen molar-refractivity contribution in [3.05, 3.63) is 17.7 Å². The van der Waals surface area contributed by atoms with E-state index in [4.69, 9.17) is 0 Å². The predicted octanol–water partition coefficient (Wildman–Crippen LogP) is 2.05. The molecule has 0 unspecified atom stereocenters. The molecule has 19 heavy (non-hydrogen) atoms. The number of aromatic nitrogens is 1. The van der Waals surface area contributed by atoms with Gasteiger partial charge in [-0.2, -0.15) is 0 Å². The Morgan fingerprint density at radius 1 is 1.47 bits per heavy atom. The van der Waals surface area contributed by atoms with E-state index in [1.165, 1.54) is 11.6 Å². The molecule has 1 heterocycles. The summed E-state index contributed by atoms with van der Waals surface area (Å²) in [4.78, 5) is -0.608. The first-order chi connectivity index (χ1) is 8.50. The SMILES string of the molecule is CCc1c(F)c(S(=O)(=O)N[C@H](C)C(C)(F)F)cn1C. The second kappa shape index (κ2) is 5.16. The molecule has 0 radical (unpaired) electrons. The average molecular weight is 298 g/mol. The van der Waals surface area contributed by atoms with Crippen LogP contribution in [-0.2, 0) is 23.5 Å². The molecular weight excluding hydrogens is 281 g/mol. The Morgan fingerprint density at radius 2 is 2.00 bits per heavy atom. The molecular formula is C11H17F3N2O2S. The van der Waals surface area contributed by atoms with Gasteiger partial charge in [0, 0.05) is 20.2 Å². The first kappa shape index (κ1) is 16.0. The molecule has 1 N–H and O–H groups in total. The number of aryl methyl sites for hydroxylation is 1. The number of sulfonamides is 1. The lowest BCUT2D eigenvalue weighted by Crippen LogP contribution is -2.43. The zero-order chi connectivity index (χ0) is 15.0. The lowest BCUT2D eigenvalue weighted by molar-refractivity contribution is -0.00489. The van der Waals surface area contributed by atoms with Crippen molar-refractivity contribution in [2.45, 2.75) is 44.1 Å². The first-order valence-corrected chi connectivity index (χ1v) is 7.22. The highest BCUT2D eigenvalue weighted by Gasteiger charge is 2.35. The second-order valence-corrected chi connectivity index (χ2v) is 6.20. The van der Waals surface area contributed by atoms with Crippen LogP contribution in [0.5, 0.6) is 0 Å². The highest BCUT2D eigenvalue weighted by atomic mass is 32.2. The number of rotatable bonds is 5. The van der Waals surface area contributed by atoms with Gasteiger partial charge in [0.05, 0.1) is 11.7 Å². The van der Waals surface area contributed by atoms with E-state index in [9.17, 15) is 21.6 Å². The van der Waals surface area contributed by atoms with Crippen molar-refractivity contribution in [1.29, 1.82) is 0 Å². The van der Waals surface area contributed by atoms with Gasteiger partial charge in [-0.3, -0.25) is 0 Å². The molecule has 4 nitrogen and oxygen atoms in total. The van der Waals surface area contributed by atoms with Crippen molar-refractivity contribution < 1.29 is 21.6 Å².